The molecule has 112 valence electrons. The van der Waals surface area contributed by atoms with Crippen LogP contribution in [0.25, 0.3) is 0 Å². The lowest BCUT2D eigenvalue weighted by Crippen LogP contribution is -2.32. The Morgan fingerprint density at radius 3 is 2.35 bits per heavy atom. The van der Waals surface area contributed by atoms with Crippen LogP contribution in [0.15, 0.2) is 21.6 Å². The van der Waals surface area contributed by atoms with Gasteiger partial charge in [-0.05, 0) is 49.7 Å². The maximum atomic E-state index is 11.9. The maximum absolute atomic E-state index is 11.9. The van der Waals surface area contributed by atoms with Crippen LogP contribution in [0, 0.1) is 11.8 Å². The zero-order chi connectivity index (χ0) is 14.3. The molecule has 0 aromatic carbocycles. The molecule has 1 N–H and O–H groups in total. The lowest BCUT2D eigenvalue weighted by atomic mass is 10.1. The molecule has 0 amide bonds. The molecule has 0 saturated heterocycles. The normalized spacial score (nSPS) is 20.0. The van der Waals surface area contributed by atoms with Gasteiger partial charge in [0.1, 0.15) is 5.76 Å². The molecule has 5 nitrogen and oxygen atoms in total. The van der Waals surface area contributed by atoms with Crippen molar-refractivity contribution in [3.05, 3.63) is 17.9 Å². The van der Waals surface area contributed by atoms with Gasteiger partial charge >= 0.3 is 0 Å². The largest absolute Gasteiger partial charge is 0.447 e. The molecule has 1 heterocycles. The molecular weight excluding hydrogens is 276 g/mol. The number of furan rings is 1. The molecule has 2 aliphatic carbocycles. The van der Waals surface area contributed by atoms with Gasteiger partial charge in [-0.1, -0.05) is 0 Å². The van der Waals surface area contributed by atoms with Gasteiger partial charge in [-0.3, -0.25) is 0 Å². The van der Waals surface area contributed by atoms with E-state index < -0.39 is 10.0 Å². The Morgan fingerprint density at radius 1 is 1.25 bits per heavy atom. The van der Waals surface area contributed by atoms with Crippen molar-refractivity contribution >= 4 is 10.0 Å². The van der Waals surface area contributed by atoms with E-state index in [4.69, 9.17) is 4.42 Å². The van der Waals surface area contributed by atoms with E-state index in [-0.39, 0.29) is 5.09 Å². The highest BCUT2D eigenvalue weighted by Gasteiger charge is 2.41. The van der Waals surface area contributed by atoms with Crippen molar-refractivity contribution in [2.75, 3.05) is 14.1 Å². The molecule has 0 bridgehead atoms. The first-order valence-corrected chi connectivity index (χ1v) is 8.67. The van der Waals surface area contributed by atoms with Gasteiger partial charge in [0.05, 0.1) is 6.54 Å². The maximum Gasteiger partial charge on any atom is 0.275 e. The smallest absolute Gasteiger partial charge is 0.275 e. The van der Waals surface area contributed by atoms with Gasteiger partial charge in [0.2, 0.25) is 5.09 Å². The number of rotatable bonds is 7. The summed E-state index contributed by atoms with van der Waals surface area (Å²) < 4.78 is 30.5. The highest BCUT2D eigenvalue weighted by molar-refractivity contribution is 7.88. The van der Waals surface area contributed by atoms with Crippen LogP contribution >= 0.6 is 0 Å². The van der Waals surface area contributed by atoms with Crippen LogP contribution < -0.4 is 5.32 Å². The Balaban J connectivity index is 1.62. The van der Waals surface area contributed by atoms with Crippen LogP contribution in [0.3, 0.4) is 0 Å². The van der Waals surface area contributed by atoms with E-state index in [9.17, 15) is 8.42 Å². The van der Waals surface area contributed by atoms with Crippen molar-refractivity contribution < 1.29 is 12.8 Å². The van der Waals surface area contributed by atoms with Gasteiger partial charge in [-0.25, -0.2) is 12.7 Å². The van der Waals surface area contributed by atoms with E-state index in [1.54, 1.807) is 6.07 Å². The summed E-state index contributed by atoms with van der Waals surface area (Å²) in [6, 6.07) is 3.88. The molecule has 0 radical (unpaired) electrons. The molecule has 20 heavy (non-hydrogen) atoms. The Labute approximate surface area is 120 Å². The van der Waals surface area contributed by atoms with Crippen molar-refractivity contribution in [1.82, 2.24) is 9.62 Å². The van der Waals surface area contributed by atoms with E-state index in [0.29, 0.717) is 18.3 Å². The first kappa shape index (κ1) is 14.1. The van der Waals surface area contributed by atoms with Crippen LogP contribution in [0.1, 0.15) is 31.4 Å². The second-order valence-corrected chi connectivity index (χ2v) is 8.17. The number of sulfonamides is 1. The number of hydrogen-bond donors (Lipinski definition) is 1. The van der Waals surface area contributed by atoms with Gasteiger partial charge in [0.15, 0.2) is 0 Å². The number of nitrogens with zero attached hydrogens (tertiary/aromatic N) is 1. The molecule has 1 aromatic rings. The molecule has 2 aliphatic rings. The van der Waals surface area contributed by atoms with Crippen molar-refractivity contribution in [2.24, 2.45) is 11.8 Å². The summed E-state index contributed by atoms with van der Waals surface area (Å²) in [7, 11) is -0.452. The fraction of sp³-hybridized carbons (Fsp3) is 0.714. The summed E-state index contributed by atoms with van der Waals surface area (Å²) in [6.07, 6.45) is 5.30. The number of hydrogen-bond acceptors (Lipinski definition) is 4. The van der Waals surface area contributed by atoms with Crippen LogP contribution in [-0.2, 0) is 16.6 Å². The first-order valence-electron chi connectivity index (χ1n) is 7.23. The lowest BCUT2D eigenvalue weighted by molar-refractivity contribution is 0.356. The minimum atomic E-state index is -3.46. The van der Waals surface area contributed by atoms with Gasteiger partial charge in [-0.15, -0.1) is 0 Å². The van der Waals surface area contributed by atoms with E-state index in [2.05, 4.69) is 5.32 Å². The Kier molecular flexibility index (Phi) is 3.64. The quantitative estimate of drug-likeness (QED) is 0.834. The molecule has 0 aliphatic heterocycles. The summed E-state index contributed by atoms with van der Waals surface area (Å²) in [6.45, 7) is 0.612. The molecular formula is C14H22N2O3S. The van der Waals surface area contributed by atoms with Crippen LogP contribution in [0.5, 0.6) is 0 Å². The lowest BCUT2D eigenvalue weighted by Gasteiger charge is -2.16. The second-order valence-electron chi connectivity index (χ2n) is 6.09. The topological polar surface area (TPSA) is 62.6 Å². The van der Waals surface area contributed by atoms with Crippen molar-refractivity contribution in [2.45, 2.75) is 43.4 Å². The summed E-state index contributed by atoms with van der Waals surface area (Å²) in [5.41, 5.74) is 0. The summed E-state index contributed by atoms with van der Waals surface area (Å²) >= 11 is 0. The van der Waals surface area contributed by atoms with Crippen LogP contribution in [0.2, 0.25) is 0 Å². The molecule has 2 saturated carbocycles. The van der Waals surface area contributed by atoms with Gasteiger partial charge in [-0.2, -0.15) is 0 Å². The molecule has 0 atom stereocenters. The molecule has 2 fully saturated rings. The van der Waals surface area contributed by atoms with Crippen molar-refractivity contribution in [3.8, 4) is 0 Å². The molecule has 0 unspecified atom stereocenters. The first-order chi connectivity index (χ1) is 9.48. The van der Waals surface area contributed by atoms with Crippen LogP contribution in [0.4, 0.5) is 0 Å². The van der Waals surface area contributed by atoms with Gasteiger partial charge < -0.3 is 9.73 Å². The third-order valence-electron chi connectivity index (χ3n) is 4.14. The SMILES string of the molecule is CN(C)S(=O)(=O)c1ccc(CNC(C2CC2)C2CC2)o1. The summed E-state index contributed by atoms with van der Waals surface area (Å²) in [5.74, 6) is 2.33. The molecule has 1 aromatic heterocycles. The van der Waals surface area contributed by atoms with E-state index >= 15 is 0 Å². The Bertz CT molecular complexity index is 559. The van der Waals surface area contributed by atoms with Crippen molar-refractivity contribution in [1.29, 1.82) is 0 Å². The monoisotopic (exact) mass is 298 g/mol. The van der Waals surface area contributed by atoms with Crippen molar-refractivity contribution in [3.63, 3.8) is 0 Å². The average Bonchev–Trinajstić information content (AvgIpc) is 3.30. The third kappa shape index (κ3) is 2.92. The fourth-order valence-corrected chi connectivity index (χ4v) is 3.43. The minimum Gasteiger partial charge on any atom is -0.447 e. The second kappa shape index (κ2) is 5.16. The zero-order valence-corrected chi connectivity index (χ0v) is 12.8. The zero-order valence-electron chi connectivity index (χ0n) is 12.0. The standard InChI is InChI=1S/C14H22N2O3S/c1-16(2)20(17,18)13-8-7-12(19-13)9-15-14(10-3-4-10)11-5-6-11/h7-8,10-11,14-15H,3-6,9H2,1-2H3. The molecule has 6 heteroatoms. The number of nitrogens with one attached hydrogen (secondary N) is 1. The van der Waals surface area contributed by atoms with Crippen LogP contribution in [-0.4, -0.2) is 32.9 Å². The Morgan fingerprint density at radius 2 is 1.85 bits per heavy atom. The third-order valence-corrected chi connectivity index (χ3v) is 5.83. The molecule has 0 spiro atoms. The van der Waals surface area contributed by atoms with Gasteiger partial charge in [0, 0.05) is 20.1 Å². The predicted octanol–water partition coefficient (Wildman–Crippen LogP) is 1.81. The average molecular weight is 298 g/mol. The van der Waals surface area contributed by atoms with E-state index in [1.165, 1.54) is 50.2 Å². The highest BCUT2D eigenvalue weighted by Crippen LogP contribution is 2.44. The van der Waals surface area contributed by atoms with E-state index in [1.807, 2.05) is 0 Å². The summed E-state index contributed by atoms with van der Waals surface area (Å²) in [4.78, 5) is 0. The minimum absolute atomic E-state index is 0.0219. The van der Waals surface area contributed by atoms with E-state index in [0.717, 1.165) is 11.8 Å². The predicted molar refractivity (Wildman–Crippen MR) is 75.7 cm³/mol. The summed E-state index contributed by atoms with van der Waals surface area (Å²) in [5, 5.41) is 3.57. The fourth-order valence-electron chi connectivity index (χ4n) is 2.62. The Hall–Kier alpha value is -0.850. The van der Waals surface area contributed by atoms with Gasteiger partial charge in [0.25, 0.3) is 10.0 Å². The molecule has 3 rings (SSSR count). The highest BCUT2D eigenvalue weighted by atomic mass is 32.2.